The van der Waals surface area contributed by atoms with E-state index in [0.717, 1.165) is 11.1 Å². The molecule has 0 atom stereocenters. The molecule has 0 aliphatic carbocycles. The molecule has 30 heavy (non-hydrogen) atoms. The zero-order chi connectivity index (χ0) is 21.3. The van der Waals surface area contributed by atoms with Gasteiger partial charge in [0.05, 0.1) is 15.9 Å². The maximum atomic E-state index is 13.0. The van der Waals surface area contributed by atoms with Gasteiger partial charge >= 0.3 is 0 Å². The number of hydrogen-bond donors (Lipinski definition) is 0. The van der Waals surface area contributed by atoms with Crippen molar-refractivity contribution < 1.29 is 14.1 Å². The first kappa shape index (κ1) is 19.7. The summed E-state index contributed by atoms with van der Waals surface area (Å²) in [6.45, 7) is 1.98. The van der Waals surface area contributed by atoms with E-state index < -0.39 is 4.92 Å². The van der Waals surface area contributed by atoms with Crippen molar-refractivity contribution in [2.45, 2.75) is 13.5 Å². The molecule has 0 radical (unpaired) electrons. The van der Waals surface area contributed by atoms with Crippen molar-refractivity contribution >= 4 is 28.3 Å². The molecule has 0 aliphatic heterocycles. The average molecular weight is 422 g/mol. The highest BCUT2D eigenvalue weighted by Gasteiger charge is 2.14. The van der Waals surface area contributed by atoms with E-state index in [0.29, 0.717) is 33.1 Å². The average Bonchev–Trinajstić information content (AvgIpc) is 2.73. The lowest BCUT2D eigenvalue weighted by molar-refractivity contribution is -0.384. The molecule has 0 spiro atoms. The number of ether oxygens (including phenoxy) is 1. The van der Waals surface area contributed by atoms with Gasteiger partial charge in [-0.1, -0.05) is 23.7 Å². The molecule has 4 aromatic rings. The number of non-ortho nitro benzene ring substituents is 1. The fourth-order valence-electron chi connectivity index (χ4n) is 3.21. The Morgan fingerprint density at radius 1 is 1.03 bits per heavy atom. The van der Waals surface area contributed by atoms with Crippen molar-refractivity contribution in [3.8, 4) is 16.9 Å². The summed E-state index contributed by atoms with van der Waals surface area (Å²) in [7, 11) is 0. The monoisotopic (exact) mass is 421 g/mol. The van der Waals surface area contributed by atoms with E-state index in [1.165, 1.54) is 12.1 Å². The molecule has 7 heteroatoms. The SMILES string of the molecule is Cc1oc2cc(OCc3ccc([N+](=O)[O-])cc3)ccc2c(=O)c1-c1ccc(Cl)cc1. The van der Waals surface area contributed by atoms with E-state index >= 15 is 0 Å². The van der Waals surface area contributed by atoms with Crippen LogP contribution in [0.25, 0.3) is 22.1 Å². The van der Waals surface area contributed by atoms with Gasteiger partial charge in [0.1, 0.15) is 23.7 Å². The third-order valence-corrected chi connectivity index (χ3v) is 4.98. The standard InChI is InChI=1S/C23H16ClNO5/c1-14-22(16-4-6-17(24)7-5-16)23(26)20-11-10-19(12-21(20)30-14)29-13-15-2-8-18(9-3-15)25(27)28/h2-12H,13H2,1H3. The van der Waals surface area contributed by atoms with Gasteiger partial charge in [0.15, 0.2) is 0 Å². The lowest BCUT2D eigenvalue weighted by Gasteiger charge is -2.10. The van der Waals surface area contributed by atoms with Gasteiger partial charge in [-0.2, -0.15) is 0 Å². The highest BCUT2D eigenvalue weighted by molar-refractivity contribution is 6.30. The van der Waals surface area contributed by atoms with Crippen LogP contribution in [-0.2, 0) is 6.61 Å². The topological polar surface area (TPSA) is 82.6 Å². The number of fused-ring (bicyclic) bond motifs is 1. The number of aryl methyl sites for hydroxylation is 1. The van der Waals surface area contributed by atoms with E-state index in [1.807, 2.05) is 0 Å². The van der Waals surface area contributed by atoms with Crippen molar-refractivity contribution in [2.24, 2.45) is 0 Å². The Hall–Kier alpha value is -3.64. The summed E-state index contributed by atoms with van der Waals surface area (Å²) in [5.41, 5.74) is 2.36. The van der Waals surface area contributed by atoms with Crippen LogP contribution >= 0.6 is 11.6 Å². The summed E-state index contributed by atoms with van der Waals surface area (Å²) in [4.78, 5) is 23.3. The third kappa shape index (κ3) is 3.90. The Labute approximate surface area is 176 Å². The van der Waals surface area contributed by atoms with Gasteiger partial charge in [0, 0.05) is 23.2 Å². The molecule has 0 saturated heterocycles. The van der Waals surface area contributed by atoms with Gasteiger partial charge in [-0.25, -0.2) is 0 Å². The smallest absolute Gasteiger partial charge is 0.269 e. The molecule has 0 aliphatic rings. The fourth-order valence-corrected chi connectivity index (χ4v) is 3.33. The highest BCUT2D eigenvalue weighted by atomic mass is 35.5. The molecule has 0 unspecified atom stereocenters. The predicted molar refractivity (Wildman–Crippen MR) is 115 cm³/mol. The summed E-state index contributed by atoms with van der Waals surface area (Å²) in [6.07, 6.45) is 0. The second-order valence-corrected chi connectivity index (χ2v) is 7.18. The summed E-state index contributed by atoms with van der Waals surface area (Å²) >= 11 is 5.94. The van der Waals surface area contributed by atoms with Crippen LogP contribution < -0.4 is 10.2 Å². The minimum Gasteiger partial charge on any atom is -0.489 e. The lowest BCUT2D eigenvalue weighted by Crippen LogP contribution is -2.07. The molecule has 6 nitrogen and oxygen atoms in total. The molecule has 150 valence electrons. The number of nitrogens with zero attached hydrogens (tertiary/aromatic N) is 1. The molecular weight excluding hydrogens is 406 g/mol. The molecule has 1 aromatic heterocycles. The molecule has 0 fully saturated rings. The van der Waals surface area contributed by atoms with Crippen molar-refractivity contribution in [3.05, 3.63) is 103 Å². The van der Waals surface area contributed by atoms with Crippen LogP contribution in [0.3, 0.4) is 0 Å². The quantitative estimate of drug-likeness (QED) is 0.295. The van der Waals surface area contributed by atoms with Crippen molar-refractivity contribution in [1.82, 2.24) is 0 Å². The summed E-state index contributed by atoms with van der Waals surface area (Å²) in [5.74, 6) is 1.03. The Bertz CT molecular complexity index is 1290. The molecule has 0 N–H and O–H groups in total. The molecule has 0 bridgehead atoms. The molecule has 3 aromatic carbocycles. The van der Waals surface area contributed by atoms with Gasteiger partial charge in [0.2, 0.25) is 5.43 Å². The fraction of sp³-hybridized carbons (Fsp3) is 0.0870. The number of nitro groups is 1. The number of rotatable bonds is 5. The minimum atomic E-state index is -0.448. The van der Waals surface area contributed by atoms with Crippen molar-refractivity contribution in [3.63, 3.8) is 0 Å². The minimum absolute atomic E-state index is 0.0261. The van der Waals surface area contributed by atoms with Gasteiger partial charge in [-0.3, -0.25) is 14.9 Å². The second kappa shape index (κ2) is 8.00. The molecule has 0 amide bonds. The largest absolute Gasteiger partial charge is 0.489 e. The molecule has 1 heterocycles. The Morgan fingerprint density at radius 2 is 1.73 bits per heavy atom. The van der Waals surface area contributed by atoms with Gasteiger partial charge < -0.3 is 9.15 Å². The van der Waals surface area contributed by atoms with Gasteiger partial charge in [-0.05, 0) is 54.4 Å². The molecular formula is C23H16ClNO5. The highest BCUT2D eigenvalue weighted by Crippen LogP contribution is 2.27. The predicted octanol–water partition coefficient (Wildman–Crippen LogP) is 5.91. The van der Waals surface area contributed by atoms with Gasteiger partial charge in [0.25, 0.3) is 5.69 Å². The normalized spacial score (nSPS) is 10.9. The third-order valence-electron chi connectivity index (χ3n) is 4.73. The van der Waals surface area contributed by atoms with E-state index in [-0.39, 0.29) is 17.7 Å². The van der Waals surface area contributed by atoms with Crippen LogP contribution in [0.1, 0.15) is 11.3 Å². The maximum Gasteiger partial charge on any atom is 0.269 e. The molecule has 0 saturated carbocycles. The maximum absolute atomic E-state index is 13.0. The zero-order valence-corrected chi connectivity index (χ0v) is 16.7. The number of halogens is 1. The zero-order valence-electron chi connectivity index (χ0n) is 15.9. The van der Waals surface area contributed by atoms with Crippen molar-refractivity contribution in [2.75, 3.05) is 0 Å². The lowest BCUT2D eigenvalue weighted by atomic mass is 10.0. The van der Waals surface area contributed by atoms with E-state index in [4.69, 9.17) is 20.8 Å². The van der Waals surface area contributed by atoms with Crippen LogP contribution in [0.15, 0.2) is 75.9 Å². The van der Waals surface area contributed by atoms with E-state index in [9.17, 15) is 14.9 Å². The van der Waals surface area contributed by atoms with E-state index in [2.05, 4.69) is 0 Å². The molecule has 4 rings (SSSR count). The van der Waals surface area contributed by atoms with Crippen LogP contribution in [0.2, 0.25) is 5.02 Å². The Balaban J connectivity index is 1.61. The first-order valence-corrected chi connectivity index (χ1v) is 9.50. The number of nitro benzene ring substituents is 1. The number of hydrogen-bond acceptors (Lipinski definition) is 5. The van der Waals surface area contributed by atoms with Crippen molar-refractivity contribution in [1.29, 1.82) is 0 Å². The first-order chi connectivity index (χ1) is 14.4. The first-order valence-electron chi connectivity index (χ1n) is 9.12. The summed E-state index contributed by atoms with van der Waals surface area (Å²) in [6, 6.07) is 18.2. The second-order valence-electron chi connectivity index (χ2n) is 6.74. The summed E-state index contributed by atoms with van der Waals surface area (Å²) in [5, 5.41) is 11.8. The van der Waals surface area contributed by atoms with Crippen LogP contribution in [0.4, 0.5) is 5.69 Å². The number of benzene rings is 3. The van der Waals surface area contributed by atoms with Crippen LogP contribution in [0.5, 0.6) is 5.75 Å². The van der Waals surface area contributed by atoms with E-state index in [1.54, 1.807) is 61.5 Å². The Morgan fingerprint density at radius 3 is 2.40 bits per heavy atom. The summed E-state index contributed by atoms with van der Waals surface area (Å²) < 4.78 is 11.7. The van der Waals surface area contributed by atoms with Gasteiger partial charge in [-0.15, -0.1) is 0 Å². The Kier molecular flexibility index (Phi) is 5.25. The van der Waals surface area contributed by atoms with Crippen LogP contribution in [0, 0.1) is 17.0 Å². The van der Waals surface area contributed by atoms with Crippen LogP contribution in [-0.4, -0.2) is 4.92 Å².